The van der Waals surface area contributed by atoms with Gasteiger partial charge in [-0.1, -0.05) is 23.5 Å². The first-order chi connectivity index (χ1) is 10.7. The molecule has 0 amide bonds. The van der Waals surface area contributed by atoms with E-state index in [1.807, 2.05) is 23.9 Å². The van der Waals surface area contributed by atoms with E-state index in [1.54, 1.807) is 12.1 Å². The molecule has 0 saturated heterocycles. The SMILES string of the molecule is O=c1[nH]c2c(s1)[C@H](c1ccc(F)cc1)[C@@H]1[C@H]3CC[C@@H](C3)[C@@H]1S2. The number of H-pyrrole nitrogens is 1. The maximum atomic E-state index is 13.3. The van der Waals surface area contributed by atoms with Crippen LogP contribution in [0.5, 0.6) is 0 Å². The number of fused-ring (bicyclic) bond motifs is 6. The van der Waals surface area contributed by atoms with Gasteiger partial charge in [-0.25, -0.2) is 4.39 Å². The second kappa shape index (κ2) is 4.71. The van der Waals surface area contributed by atoms with E-state index >= 15 is 0 Å². The average Bonchev–Trinajstić information content (AvgIpc) is 3.19. The summed E-state index contributed by atoms with van der Waals surface area (Å²) in [6, 6.07) is 6.92. The fraction of sp³-hybridized carbons (Fsp3) is 0.471. The standard InChI is InChI=1S/C17H16FNOS2/c18-11-5-3-8(4-6-11)12-13-9-1-2-10(7-9)14(13)21-16-15(12)22-17(20)19-16/h3-6,9-10,12-14H,1-2,7H2,(H,19,20)/t9-,10-,12+,13-,14-/m0/s1. The molecule has 2 aromatic rings. The van der Waals surface area contributed by atoms with Gasteiger partial charge in [0.15, 0.2) is 0 Å². The molecular weight excluding hydrogens is 317 g/mol. The van der Waals surface area contributed by atoms with Gasteiger partial charge in [0, 0.05) is 16.0 Å². The summed E-state index contributed by atoms with van der Waals surface area (Å²) in [5.74, 6) is 2.23. The number of aromatic nitrogens is 1. The molecule has 2 nitrogen and oxygen atoms in total. The molecule has 1 N–H and O–H groups in total. The molecule has 0 spiro atoms. The molecule has 2 heterocycles. The van der Waals surface area contributed by atoms with Gasteiger partial charge in [-0.15, -0.1) is 11.8 Å². The Labute approximate surface area is 136 Å². The van der Waals surface area contributed by atoms with Crippen LogP contribution in [0.25, 0.3) is 0 Å². The molecule has 5 rings (SSSR count). The summed E-state index contributed by atoms with van der Waals surface area (Å²) in [4.78, 5) is 16.1. The van der Waals surface area contributed by atoms with Crippen LogP contribution >= 0.6 is 23.1 Å². The molecule has 5 heteroatoms. The Morgan fingerprint density at radius 1 is 1.14 bits per heavy atom. The predicted molar refractivity (Wildman–Crippen MR) is 87.1 cm³/mol. The minimum atomic E-state index is -0.194. The van der Waals surface area contributed by atoms with E-state index < -0.39 is 0 Å². The highest BCUT2D eigenvalue weighted by molar-refractivity contribution is 8.00. The first-order valence-electron chi connectivity index (χ1n) is 7.86. The Morgan fingerprint density at radius 2 is 1.91 bits per heavy atom. The monoisotopic (exact) mass is 333 g/mol. The summed E-state index contributed by atoms with van der Waals surface area (Å²) < 4.78 is 13.3. The van der Waals surface area contributed by atoms with Crippen molar-refractivity contribution in [3.8, 4) is 0 Å². The van der Waals surface area contributed by atoms with Gasteiger partial charge in [-0.3, -0.25) is 4.79 Å². The largest absolute Gasteiger partial charge is 0.307 e. The predicted octanol–water partition coefficient (Wildman–Crippen LogP) is 4.23. The number of halogens is 1. The lowest BCUT2D eigenvalue weighted by Gasteiger charge is -2.40. The number of thiazole rings is 1. The first kappa shape index (κ1) is 13.4. The molecule has 114 valence electrons. The highest BCUT2D eigenvalue weighted by atomic mass is 32.2. The number of aromatic amines is 1. The molecule has 2 bridgehead atoms. The summed E-state index contributed by atoms with van der Waals surface area (Å²) in [7, 11) is 0. The Hall–Kier alpha value is -1.07. The molecule has 0 unspecified atom stereocenters. The summed E-state index contributed by atoms with van der Waals surface area (Å²) >= 11 is 3.24. The topological polar surface area (TPSA) is 32.9 Å². The maximum Gasteiger partial charge on any atom is 0.305 e. The van der Waals surface area contributed by atoms with Gasteiger partial charge < -0.3 is 4.98 Å². The van der Waals surface area contributed by atoms with E-state index in [4.69, 9.17) is 0 Å². The lowest BCUT2D eigenvalue weighted by atomic mass is 9.75. The van der Waals surface area contributed by atoms with Crippen molar-refractivity contribution in [1.82, 2.24) is 4.98 Å². The zero-order chi connectivity index (χ0) is 14.8. The van der Waals surface area contributed by atoms with Crippen LogP contribution in [0.1, 0.15) is 35.6 Å². The van der Waals surface area contributed by atoms with Crippen molar-refractivity contribution in [1.29, 1.82) is 0 Å². The van der Waals surface area contributed by atoms with Crippen molar-refractivity contribution >= 4 is 23.1 Å². The van der Waals surface area contributed by atoms with Crippen LogP contribution < -0.4 is 4.87 Å². The Bertz CT molecular complexity index is 781. The lowest BCUT2D eigenvalue weighted by Crippen LogP contribution is -2.33. The van der Waals surface area contributed by atoms with Gasteiger partial charge >= 0.3 is 4.87 Å². The number of nitrogens with one attached hydrogen (secondary N) is 1. The van der Waals surface area contributed by atoms with Gasteiger partial charge in [0.1, 0.15) is 5.82 Å². The highest BCUT2D eigenvalue weighted by Crippen LogP contribution is 2.63. The van der Waals surface area contributed by atoms with Gasteiger partial charge in [0.05, 0.1) is 5.03 Å². The number of hydrogen-bond donors (Lipinski definition) is 1. The Kier molecular flexibility index (Phi) is 2.87. The Morgan fingerprint density at radius 3 is 2.73 bits per heavy atom. The molecule has 2 saturated carbocycles. The first-order valence-corrected chi connectivity index (χ1v) is 9.55. The average molecular weight is 333 g/mol. The van der Waals surface area contributed by atoms with E-state index in [-0.39, 0.29) is 16.6 Å². The second-order valence-corrected chi connectivity index (χ2v) is 8.93. The van der Waals surface area contributed by atoms with Crippen LogP contribution in [-0.4, -0.2) is 10.2 Å². The van der Waals surface area contributed by atoms with Crippen molar-refractivity contribution in [2.75, 3.05) is 0 Å². The molecule has 1 aliphatic heterocycles. The summed E-state index contributed by atoms with van der Waals surface area (Å²) in [6.07, 6.45) is 3.98. The van der Waals surface area contributed by atoms with Crippen molar-refractivity contribution in [3.05, 3.63) is 50.2 Å². The second-order valence-electron chi connectivity index (χ2n) is 6.73. The van der Waals surface area contributed by atoms with E-state index in [0.717, 1.165) is 16.9 Å². The van der Waals surface area contributed by atoms with E-state index in [0.29, 0.717) is 11.2 Å². The summed E-state index contributed by atoms with van der Waals surface area (Å²) in [5.41, 5.74) is 1.17. The van der Waals surface area contributed by atoms with Crippen molar-refractivity contribution < 1.29 is 4.39 Å². The third-order valence-corrected chi connectivity index (χ3v) is 8.32. The molecule has 5 atom stereocenters. The molecule has 3 aliphatic rings. The van der Waals surface area contributed by atoms with Crippen LogP contribution in [0.2, 0.25) is 0 Å². The zero-order valence-corrected chi connectivity index (χ0v) is 13.6. The van der Waals surface area contributed by atoms with Gasteiger partial charge in [-0.2, -0.15) is 0 Å². The normalized spacial score (nSPS) is 35.4. The quantitative estimate of drug-likeness (QED) is 0.847. The fourth-order valence-corrected chi connectivity index (χ4v) is 7.79. The van der Waals surface area contributed by atoms with Gasteiger partial charge in [0.25, 0.3) is 0 Å². The van der Waals surface area contributed by atoms with Crippen LogP contribution in [0.3, 0.4) is 0 Å². The molecule has 1 aromatic heterocycles. The molecule has 2 aliphatic carbocycles. The minimum absolute atomic E-state index is 0.0388. The summed E-state index contributed by atoms with van der Waals surface area (Å²) in [6.45, 7) is 0. The summed E-state index contributed by atoms with van der Waals surface area (Å²) in [5, 5.41) is 1.68. The van der Waals surface area contributed by atoms with Crippen LogP contribution in [0.4, 0.5) is 4.39 Å². The lowest BCUT2D eigenvalue weighted by molar-refractivity contribution is 0.307. The minimum Gasteiger partial charge on any atom is -0.307 e. The third kappa shape index (κ3) is 1.81. The van der Waals surface area contributed by atoms with E-state index in [9.17, 15) is 9.18 Å². The van der Waals surface area contributed by atoms with Gasteiger partial charge in [-0.05, 0) is 54.7 Å². The molecular formula is C17H16FNOS2. The highest BCUT2D eigenvalue weighted by Gasteiger charge is 2.54. The number of thioether (sulfide) groups is 1. The molecule has 2 fully saturated rings. The fourth-order valence-electron chi connectivity index (χ4n) is 4.89. The van der Waals surface area contributed by atoms with Crippen molar-refractivity contribution in [3.63, 3.8) is 0 Å². The van der Waals surface area contributed by atoms with Gasteiger partial charge in [0.2, 0.25) is 0 Å². The maximum absolute atomic E-state index is 13.3. The Balaban J connectivity index is 1.68. The smallest absolute Gasteiger partial charge is 0.305 e. The number of rotatable bonds is 1. The van der Waals surface area contributed by atoms with E-state index in [2.05, 4.69) is 4.98 Å². The number of benzene rings is 1. The zero-order valence-electron chi connectivity index (χ0n) is 11.9. The van der Waals surface area contributed by atoms with E-state index in [1.165, 1.54) is 41.0 Å². The molecule has 22 heavy (non-hydrogen) atoms. The number of hydrogen-bond acceptors (Lipinski definition) is 3. The molecule has 0 radical (unpaired) electrons. The van der Waals surface area contributed by atoms with Crippen molar-refractivity contribution in [2.24, 2.45) is 17.8 Å². The van der Waals surface area contributed by atoms with Crippen LogP contribution in [-0.2, 0) is 0 Å². The third-order valence-electron chi connectivity index (χ3n) is 5.69. The van der Waals surface area contributed by atoms with Crippen molar-refractivity contribution in [2.45, 2.75) is 35.5 Å². The van der Waals surface area contributed by atoms with Crippen LogP contribution in [0.15, 0.2) is 34.1 Å². The molecule has 1 aromatic carbocycles. The van der Waals surface area contributed by atoms with Crippen LogP contribution in [0, 0.1) is 23.6 Å².